The number of aromatic amines is 1. The lowest BCUT2D eigenvalue weighted by atomic mass is 10.3. The molecule has 0 radical (unpaired) electrons. The molecule has 0 aliphatic heterocycles. The van der Waals surface area contributed by atoms with Crippen molar-refractivity contribution in [2.75, 3.05) is 10.5 Å². The molecule has 4 N–H and O–H groups in total. The number of benzene rings is 2. The molecular formula is C13H11ClN4O2S. The van der Waals surface area contributed by atoms with Crippen LogP contribution in [0.2, 0.25) is 5.02 Å². The van der Waals surface area contributed by atoms with Crippen LogP contribution in [0.25, 0.3) is 11.0 Å². The molecule has 0 unspecified atom stereocenters. The largest absolute Gasteiger partial charge is 0.398 e. The minimum atomic E-state index is -3.78. The Morgan fingerprint density at radius 3 is 2.67 bits per heavy atom. The van der Waals surface area contributed by atoms with E-state index in [1.54, 1.807) is 12.1 Å². The van der Waals surface area contributed by atoms with E-state index >= 15 is 0 Å². The van der Waals surface area contributed by atoms with Gasteiger partial charge in [-0.2, -0.15) is 0 Å². The molecule has 0 fully saturated rings. The Hall–Kier alpha value is -2.25. The normalized spacial score (nSPS) is 11.7. The van der Waals surface area contributed by atoms with Gasteiger partial charge in [0.05, 0.1) is 26.6 Å². The Labute approximate surface area is 126 Å². The molecule has 3 rings (SSSR count). The zero-order chi connectivity index (χ0) is 15.0. The number of para-hydroxylation sites is 2. The van der Waals surface area contributed by atoms with Crippen LogP contribution in [0, 0.1) is 0 Å². The van der Waals surface area contributed by atoms with E-state index in [1.165, 1.54) is 18.2 Å². The van der Waals surface area contributed by atoms with Crippen LogP contribution in [0.15, 0.2) is 47.4 Å². The Morgan fingerprint density at radius 1 is 1.19 bits per heavy atom. The van der Waals surface area contributed by atoms with Gasteiger partial charge in [-0.25, -0.2) is 18.1 Å². The van der Waals surface area contributed by atoms with Crippen molar-refractivity contribution in [3.63, 3.8) is 0 Å². The van der Waals surface area contributed by atoms with Crippen molar-refractivity contribution in [1.29, 1.82) is 0 Å². The van der Waals surface area contributed by atoms with Gasteiger partial charge in [0.2, 0.25) is 5.95 Å². The zero-order valence-electron chi connectivity index (χ0n) is 10.7. The van der Waals surface area contributed by atoms with Gasteiger partial charge in [-0.05, 0) is 30.3 Å². The number of rotatable bonds is 3. The zero-order valence-corrected chi connectivity index (χ0v) is 12.2. The van der Waals surface area contributed by atoms with E-state index in [2.05, 4.69) is 14.7 Å². The molecule has 0 saturated carbocycles. The number of nitrogens with zero attached hydrogens (tertiary/aromatic N) is 1. The third-order valence-corrected chi connectivity index (χ3v) is 4.57. The van der Waals surface area contributed by atoms with E-state index in [1.807, 2.05) is 12.1 Å². The van der Waals surface area contributed by atoms with Crippen LogP contribution in [0.1, 0.15) is 0 Å². The standard InChI is InChI=1S/C13H11ClN4O2S/c14-9-7-8(5-6-10(9)15)21(19,20)18-13-16-11-3-1-2-4-12(11)17-13/h1-7H,15H2,(H2,16,17,18). The Bertz CT molecular complexity index is 888. The summed E-state index contributed by atoms with van der Waals surface area (Å²) in [5.41, 5.74) is 7.30. The molecule has 1 aromatic heterocycles. The number of aromatic nitrogens is 2. The molecule has 108 valence electrons. The van der Waals surface area contributed by atoms with Crippen LogP contribution in [0.3, 0.4) is 0 Å². The molecule has 0 bridgehead atoms. The Balaban J connectivity index is 1.96. The first-order valence-electron chi connectivity index (χ1n) is 5.98. The summed E-state index contributed by atoms with van der Waals surface area (Å²) in [6.07, 6.45) is 0. The van der Waals surface area contributed by atoms with Crippen molar-refractivity contribution in [2.24, 2.45) is 0 Å². The Kier molecular flexibility index (Phi) is 3.23. The summed E-state index contributed by atoms with van der Waals surface area (Å²) in [5, 5.41) is 0.183. The summed E-state index contributed by atoms with van der Waals surface area (Å²) in [6.45, 7) is 0. The van der Waals surface area contributed by atoms with E-state index in [4.69, 9.17) is 17.3 Å². The highest BCUT2D eigenvalue weighted by atomic mass is 35.5. The molecule has 0 aliphatic carbocycles. The first kappa shape index (κ1) is 13.7. The van der Waals surface area contributed by atoms with Gasteiger partial charge in [-0.1, -0.05) is 23.7 Å². The molecule has 8 heteroatoms. The third kappa shape index (κ3) is 2.65. The van der Waals surface area contributed by atoms with Crippen LogP contribution in [0.5, 0.6) is 0 Å². The van der Waals surface area contributed by atoms with Gasteiger partial charge >= 0.3 is 0 Å². The van der Waals surface area contributed by atoms with Gasteiger partial charge in [0.25, 0.3) is 10.0 Å². The number of fused-ring (bicyclic) bond motifs is 1. The highest BCUT2D eigenvalue weighted by Gasteiger charge is 2.17. The molecule has 0 atom stereocenters. The molecule has 2 aromatic carbocycles. The number of sulfonamides is 1. The van der Waals surface area contributed by atoms with E-state index in [9.17, 15) is 8.42 Å². The second-order valence-electron chi connectivity index (χ2n) is 4.39. The minimum absolute atomic E-state index is 0.0159. The minimum Gasteiger partial charge on any atom is -0.398 e. The van der Waals surface area contributed by atoms with Crippen molar-refractivity contribution < 1.29 is 8.42 Å². The first-order chi connectivity index (χ1) is 9.95. The van der Waals surface area contributed by atoms with Crippen LogP contribution >= 0.6 is 11.6 Å². The molecule has 1 heterocycles. The topological polar surface area (TPSA) is 101 Å². The fourth-order valence-corrected chi connectivity index (χ4v) is 3.10. The average molecular weight is 323 g/mol. The third-order valence-electron chi connectivity index (χ3n) is 2.90. The lowest BCUT2D eigenvalue weighted by molar-refractivity contribution is 0.601. The molecule has 21 heavy (non-hydrogen) atoms. The fraction of sp³-hybridized carbons (Fsp3) is 0. The van der Waals surface area contributed by atoms with Gasteiger partial charge in [0.1, 0.15) is 0 Å². The van der Waals surface area contributed by atoms with Crippen LogP contribution in [-0.2, 0) is 10.0 Å². The van der Waals surface area contributed by atoms with Gasteiger partial charge in [0.15, 0.2) is 0 Å². The predicted octanol–water partition coefficient (Wildman–Crippen LogP) is 2.60. The van der Waals surface area contributed by atoms with Crippen LogP contribution < -0.4 is 10.5 Å². The average Bonchev–Trinajstić information content (AvgIpc) is 2.82. The number of anilines is 2. The van der Waals surface area contributed by atoms with Gasteiger partial charge in [-0.3, -0.25) is 0 Å². The van der Waals surface area contributed by atoms with Gasteiger partial charge < -0.3 is 10.7 Å². The summed E-state index contributed by atoms with van der Waals surface area (Å²) in [4.78, 5) is 7.06. The lowest BCUT2D eigenvalue weighted by Gasteiger charge is -2.06. The molecule has 3 aromatic rings. The van der Waals surface area contributed by atoms with Crippen molar-refractivity contribution in [2.45, 2.75) is 4.90 Å². The van der Waals surface area contributed by atoms with E-state index < -0.39 is 10.0 Å². The number of nitrogen functional groups attached to an aromatic ring is 1. The van der Waals surface area contributed by atoms with Gasteiger partial charge in [0, 0.05) is 0 Å². The molecule has 0 amide bonds. The SMILES string of the molecule is Nc1ccc(S(=O)(=O)Nc2nc3ccccc3[nH]2)cc1Cl. The fourth-order valence-electron chi connectivity index (χ4n) is 1.86. The maximum absolute atomic E-state index is 12.3. The predicted molar refractivity (Wildman–Crippen MR) is 82.8 cm³/mol. The highest BCUT2D eigenvalue weighted by Crippen LogP contribution is 2.24. The summed E-state index contributed by atoms with van der Waals surface area (Å²) < 4.78 is 26.9. The van der Waals surface area contributed by atoms with Crippen molar-refractivity contribution in [3.8, 4) is 0 Å². The molecule has 0 spiro atoms. The summed E-state index contributed by atoms with van der Waals surface area (Å²) in [7, 11) is -3.78. The number of H-pyrrole nitrogens is 1. The lowest BCUT2D eigenvalue weighted by Crippen LogP contribution is -2.14. The number of nitrogens with one attached hydrogen (secondary N) is 2. The first-order valence-corrected chi connectivity index (χ1v) is 7.84. The number of halogens is 1. The van der Waals surface area contributed by atoms with E-state index in [0.29, 0.717) is 11.2 Å². The van der Waals surface area contributed by atoms with Gasteiger partial charge in [-0.15, -0.1) is 0 Å². The van der Waals surface area contributed by atoms with Crippen molar-refractivity contribution in [3.05, 3.63) is 47.5 Å². The summed E-state index contributed by atoms with van der Waals surface area (Å²) in [6, 6.07) is 11.4. The Morgan fingerprint density at radius 2 is 1.95 bits per heavy atom. The molecular weight excluding hydrogens is 312 g/mol. The highest BCUT2D eigenvalue weighted by molar-refractivity contribution is 7.92. The van der Waals surface area contributed by atoms with E-state index in [0.717, 1.165) is 5.52 Å². The maximum atomic E-state index is 12.3. The molecule has 0 saturated heterocycles. The van der Waals surface area contributed by atoms with Crippen LogP contribution in [0.4, 0.5) is 11.6 Å². The summed E-state index contributed by atoms with van der Waals surface area (Å²) in [5.74, 6) is 0.143. The molecule has 0 aliphatic rings. The van der Waals surface area contributed by atoms with Crippen molar-refractivity contribution in [1.82, 2.24) is 9.97 Å². The number of nitrogens with two attached hydrogens (primary N) is 1. The quantitative estimate of drug-likeness (QED) is 0.645. The second-order valence-corrected chi connectivity index (χ2v) is 6.48. The monoisotopic (exact) mass is 322 g/mol. The van der Waals surface area contributed by atoms with Crippen molar-refractivity contribution >= 4 is 44.3 Å². The summed E-state index contributed by atoms with van der Waals surface area (Å²) >= 11 is 5.85. The number of hydrogen-bond donors (Lipinski definition) is 3. The maximum Gasteiger partial charge on any atom is 0.264 e. The smallest absolute Gasteiger partial charge is 0.264 e. The molecule has 6 nitrogen and oxygen atoms in total. The van der Waals surface area contributed by atoms with E-state index in [-0.39, 0.29) is 15.9 Å². The van der Waals surface area contributed by atoms with Crippen LogP contribution in [-0.4, -0.2) is 18.4 Å². The number of hydrogen-bond acceptors (Lipinski definition) is 4. The number of imidazole rings is 1. The second kappa shape index (κ2) is 4.94.